The molecule has 1 aliphatic rings. The summed E-state index contributed by atoms with van der Waals surface area (Å²) in [5.41, 5.74) is 7.45. The van der Waals surface area contributed by atoms with Gasteiger partial charge in [0.1, 0.15) is 18.2 Å². The van der Waals surface area contributed by atoms with Crippen molar-refractivity contribution in [2.75, 3.05) is 31.9 Å². The van der Waals surface area contributed by atoms with E-state index >= 15 is 0 Å². The van der Waals surface area contributed by atoms with Gasteiger partial charge in [-0.05, 0) is 24.3 Å². The predicted octanol–water partition coefficient (Wildman–Crippen LogP) is 1.27. The van der Waals surface area contributed by atoms with Crippen LogP contribution in [-0.2, 0) is 17.9 Å². The van der Waals surface area contributed by atoms with Gasteiger partial charge in [0.2, 0.25) is 11.3 Å². The molecule has 3 heterocycles. The molecule has 0 atom stereocenters. The highest BCUT2D eigenvalue weighted by Crippen LogP contribution is 2.18. The van der Waals surface area contributed by atoms with Crippen LogP contribution < -0.4 is 11.2 Å². The number of nitrogen functional groups attached to an aromatic ring is 1. The fraction of sp³-hybridized carbons (Fsp3) is 0.261. The highest BCUT2D eigenvalue weighted by atomic mass is 16.2. The molecule has 1 aliphatic heterocycles. The fourth-order valence-corrected chi connectivity index (χ4v) is 4.09. The summed E-state index contributed by atoms with van der Waals surface area (Å²) in [6.45, 7) is 3.36. The lowest BCUT2D eigenvalue weighted by Gasteiger charge is -2.34. The monoisotopic (exact) mass is 429 g/mol. The fourth-order valence-electron chi connectivity index (χ4n) is 4.09. The first-order valence-corrected chi connectivity index (χ1v) is 10.5. The van der Waals surface area contributed by atoms with Crippen molar-refractivity contribution in [3.63, 3.8) is 0 Å². The number of hydrogen-bond acceptors (Lipinski definition) is 7. The van der Waals surface area contributed by atoms with E-state index in [-0.39, 0.29) is 17.9 Å². The Morgan fingerprint density at radius 1 is 0.938 bits per heavy atom. The van der Waals surface area contributed by atoms with E-state index in [0.29, 0.717) is 42.2 Å². The lowest BCUT2D eigenvalue weighted by Crippen LogP contribution is -2.49. The number of para-hydroxylation sites is 2. The average Bonchev–Trinajstić information content (AvgIpc) is 2.81. The number of aromatic nitrogens is 4. The van der Waals surface area contributed by atoms with Crippen molar-refractivity contribution < 1.29 is 4.79 Å². The number of carbonyl (C=O) groups is 1. The Labute approximate surface area is 184 Å². The van der Waals surface area contributed by atoms with Gasteiger partial charge in [-0.2, -0.15) is 5.10 Å². The van der Waals surface area contributed by atoms with E-state index in [9.17, 15) is 9.59 Å². The van der Waals surface area contributed by atoms with Crippen molar-refractivity contribution in [3.8, 4) is 0 Å². The summed E-state index contributed by atoms with van der Waals surface area (Å²) in [6, 6.07) is 14.9. The van der Waals surface area contributed by atoms with E-state index < -0.39 is 0 Å². The zero-order chi connectivity index (χ0) is 22.1. The summed E-state index contributed by atoms with van der Waals surface area (Å²) >= 11 is 0. The van der Waals surface area contributed by atoms with E-state index in [1.54, 1.807) is 10.7 Å². The molecule has 162 valence electrons. The van der Waals surface area contributed by atoms with Crippen LogP contribution >= 0.6 is 0 Å². The maximum atomic E-state index is 12.9. The Morgan fingerprint density at radius 3 is 2.47 bits per heavy atom. The van der Waals surface area contributed by atoms with Crippen molar-refractivity contribution in [3.05, 3.63) is 70.8 Å². The summed E-state index contributed by atoms with van der Waals surface area (Å²) < 4.78 is 1.59. The summed E-state index contributed by atoms with van der Waals surface area (Å²) in [5, 5.41) is 5.58. The SMILES string of the molecule is Nc1nc(CN2CCN(C(=O)Cn3ncc(=O)c4ccccc43)CC2)nc2ccccc12. The number of piperazine rings is 1. The molecule has 4 aromatic rings. The highest BCUT2D eigenvalue weighted by molar-refractivity contribution is 5.87. The molecule has 0 saturated carbocycles. The zero-order valence-electron chi connectivity index (χ0n) is 17.5. The molecule has 0 spiro atoms. The smallest absolute Gasteiger partial charge is 0.244 e. The van der Waals surface area contributed by atoms with Crippen LogP contribution in [0.1, 0.15) is 5.82 Å². The first-order valence-electron chi connectivity index (χ1n) is 10.5. The Hall–Kier alpha value is -3.85. The van der Waals surface area contributed by atoms with Crippen LogP contribution in [0.2, 0.25) is 0 Å². The normalized spacial score (nSPS) is 14.8. The van der Waals surface area contributed by atoms with Crippen LogP contribution in [0.3, 0.4) is 0 Å². The largest absolute Gasteiger partial charge is 0.383 e. The number of rotatable bonds is 4. The maximum absolute atomic E-state index is 12.9. The van der Waals surface area contributed by atoms with E-state index in [1.165, 1.54) is 6.20 Å². The van der Waals surface area contributed by atoms with Gasteiger partial charge < -0.3 is 10.6 Å². The average molecular weight is 429 g/mol. The molecule has 2 aromatic carbocycles. The van der Waals surface area contributed by atoms with Gasteiger partial charge in [-0.1, -0.05) is 24.3 Å². The molecule has 1 fully saturated rings. The Kier molecular flexibility index (Phi) is 5.24. The summed E-state index contributed by atoms with van der Waals surface area (Å²) in [6.07, 6.45) is 1.27. The van der Waals surface area contributed by atoms with Crippen molar-refractivity contribution in [1.82, 2.24) is 29.5 Å². The molecular weight excluding hydrogens is 406 g/mol. The number of amides is 1. The molecule has 2 N–H and O–H groups in total. The van der Waals surface area contributed by atoms with Gasteiger partial charge in [0, 0.05) is 37.0 Å². The van der Waals surface area contributed by atoms with Crippen LogP contribution in [-0.4, -0.2) is 61.6 Å². The van der Waals surface area contributed by atoms with Crippen LogP contribution in [0.15, 0.2) is 59.5 Å². The number of anilines is 1. The van der Waals surface area contributed by atoms with Gasteiger partial charge in [-0.15, -0.1) is 0 Å². The molecule has 0 radical (unpaired) electrons. The van der Waals surface area contributed by atoms with Crippen LogP contribution in [0.25, 0.3) is 21.8 Å². The van der Waals surface area contributed by atoms with Crippen molar-refractivity contribution >= 4 is 33.5 Å². The van der Waals surface area contributed by atoms with Gasteiger partial charge in [-0.3, -0.25) is 19.2 Å². The zero-order valence-corrected chi connectivity index (χ0v) is 17.5. The molecule has 0 bridgehead atoms. The van der Waals surface area contributed by atoms with E-state index in [1.807, 2.05) is 47.4 Å². The molecule has 0 aliphatic carbocycles. The number of benzene rings is 2. The van der Waals surface area contributed by atoms with Crippen LogP contribution in [0, 0.1) is 0 Å². The lowest BCUT2D eigenvalue weighted by molar-refractivity contribution is -0.133. The second-order valence-electron chi connectivity index (χ2n) is 7.88. The van der Waals surface area contributed by atoms with Crippen LogP contribution in [0.5, 0.6) is 0 Å². The number of nitrogens with zero attached hydrogens (tertiary/aromatic N) is 6. The summed E-state index contributed by atoms with van der Waals surface area (Å²) in [4.78, 5) is 38.0. The molecule has 32 heavy (non-hydrogen) atoms. The maximum Gasteiger partial charge on any atom is 0.244 e. The molecule has 9 heteroatoms. The van der Waals surface area contributed by atoms with E-state index in [4.69, 9.17) is 5.73 Å². The predicted molar refractivity (Wildman–Crippen MR) is 122 cm³/mol. The number of nitrogens with two attached hydrogens (primary N) is 1. The van der Waals surface area contributed by atoms with Gasteiger partial charge in [0.25, 0.3) is 0 Å². The molecule has 2 aromatic heterocycles. The lowest BCUT2D eigenvalue weighted by atomic mass is 10.2. The molecular formula is C23H23N7O2. The Morgan fingerprint density at radius 2 is 1.66 bits per heavy atom. The second-order valence-corrected chi connectivity index (χ2v) is 7.88. The van der Waals surface area contributed by atoms with Gasteiger partial charge in [-0.25, -0.2) is 9.97 Å². The Bertz CT molecular complexity index is 1360. The first kappa shape index (κ1) is 20.1. The molecule has 0 unspecified atom stereocenters. The highest BCUT2D eigenvalue weighted by Gasteiger charge is 2.22. The molecule has 9 nitrogen and oxygen atoms in total. The molecule has 1 saturated heterocycles. The third kappa shape index (κ3) is 3.90. The minimum atomic E-state index is -0.144. The van der Waals surface area contributed by atoms with Crippen LogP contribution in [0.4, 0.5) is 5.82 Å². The third-order valence-electron chi connectivity index (χ3n) is 5.82. The number of hydrogen-bond donors (Lipinski definition) is 1. The van der Waals surface area contributed by atoms with Gasteiger partial charge in [0.05, 0.1) is 23.8 Å². The quantitative estimate of drug-likeness (QED) is 0.520. The Balaban J connectivity index is 1.23. The van der Waals surface area contributed by atoms with Crippen molar-refractivity contribution in [2.24, 2.45) is 0 Å². The van der Waals surface area contributed by atoms with Gasteiger partial charge >= 0.3 is 0 Å². The minimum absolute atomic E-state index is 0.0165. The van der Waals surface area contributed by atoms with E-state index in [2.05, 4.69) is 20.0 Å². The standard InChI is InChI=1S/C23H23N7O2/c24-23-16-5-1-3-7-18(16)26-21(27-23)14-28-9-11-29(12-10-28)22(32)15-30-19-8-4-2-6-17(19)20(31)13-25-30/h1-8,13H,9-12,14-15H2,(H2,24,26,27). The first-order chi connectivity index (χ1) is 15.6. The second kappa shape index (κ2) is 8.35. The third-order valence-corrected chi connectivity index (χ3v) is 5.82. The minimum Gasteiger partial charge on any atom is -0.383 e. The van der Waals surface area contributed by atoms with E-state index in [0.717, 1.165) is 24.0 Å². The topological polar surface area (TPSA) is 110 Å². The van der Waals surface area contributed by atoms with Gasteiger partial charge in [0.15, 0.2) is 0 Å². The number of fused-ring (bicyclic) bond motifs is 2. The van der Waals surface area contributed by atoms with Crippen molar-refractivity contribution in [2.45, 2.75) is 13.1 Å². The summed E-state index contributed by atoms with van der Waals surface area (Å²) in [5.74, 6) is 1.15. The number of carbonyl (C=O) groups excluding carboxylic acids is 1. The summed E-state index contributed by atoms with van der Waals surface area (Å²) in [7, 11) is 0. The molecule has 5 rings (SSSR count). The molecule has 1 amide bonds. The van der Waals surface area contributed by atoms with Crippen molar-refractivity contribution in [1.29, 1.82) is 0 Å².